The van der Waals surface area contributed by atoms with Crippen LogP contribution in [0.25, 0.3) is 0 Å². The Morgan fingerprint density at radius 1 is 1.20 bits per heavy atom. The average molecular weight is 274 g/mol. The van der Waals surface area contributed by atoms with Gasteiger partial charge in [-0.2, -0.15) is 0 Å². The van der Waals surface area contributed by atoms with E-state index >= 15 is 0 Å². The maximum Gasteiger partial charge on any atom is 0.410 e. The van der Waals surface area contributed by atoms with Crippen LogP contribution in [0.15, 0.2) is 30.3 Å². The van der Waals surface area contributed by atoms with E-state index in [0.717, 1.165) is 31.2 Å². The highest BCUT2D eigenvalue weighted by atomic mass is 16.6. The highest BCUT2D eigenvalue weighted by Crippen LogP contribution is 2.33. The zero-order valence-electron chi connectivity index (χ0n) is 11.7. The fourth-order valence-electron chi connectivity index (χ4n) is 3.52. The summed E-state index contributed by atoms with van der Waals surface area (Å²) in [7, 11) is 0. The number of nitrogens with zero attached hydrogens (tertiary/aromatic N) is 1. The molecule has 3 rings (SSSR count). The zero-order chi connectivity index (χ0) is 13.9. The lowest BCUT2D eigenvalue weighted by Crippen LogP contribution is -2.57. The fourth-order valence-corrected chi connectivity index (χ4v) is 3.52. The first-order valence-corrected chi connectivity index (χ1v) is 7.48. The maximum atomic E-state index is 12.4. The number of benzene rings is 1. The third-order valence-corrected chi connectivity index (χ3v) is 4.43. The van der Waals surface area contributed by atoms with Crippen molar-refractivity contribution in [2.75, 3.05) is 0 Å². The molecule has 4 heteroatoms. The predicted octanol–water partition coefficient (Wildman–Crippen LogP) is 2.67. The van der Waals surface area contributed by atoms with Crippen molar-refractivity contribution in [2.24, 2.45) is 5.73 Å². The van der Waals surface area contributed by atoms with E-state index in [1.165, 1.54) is 6.42 Å². The smallest absolute Gasteiger partial charge is 0.410 e. The van der Waals surface area contributed by atoms with Gasteiger partial charge in [0.15, 0.2) is 0 Å². The summed E-state index contributed by atoms with van der Waals surface area (Å²) in [6.07, 6.45) is 4.98. The zero-order valence-corrected chi connectivity index (χ0v) is 11.7. The molecular weight excluding hydrogens is 252 g/mol. The summed E-state index contributed by atoms with van der Waals surface area (Å²) in [5, 5.41) is 0. The van der Waals surface area contributed by atoms with Gasteiger partial charge in [0.25, 0.3) is 0 Å². The number of ether oxygens (including phenoxy) is 1. The molecule has 1 unspecified atom stereocenters. The molecule has 20 heavy (non-hydrogen) atoms. The van der Waals surface area contributed by atoms with Crippen LogP contribution >= 0.6 is 0 Å². The summed E-state index contributed by atoms with van der Waals surface area (Å²) < 4.78 is 5.49. The van der Waals surface area contributed by atoms with Crippen molar-refractivity contribution >= 4 is 6.09 Å². The second-order valence-electron chi connectivity index (χ2n) is 5.92. The van der Waals surface area contributed by atoms with Gasteiger partial charge in [-0.25, -0.2) is 4.79 Å². The highest BCUT2D eigenvalue weighted by Gasteiger charge is 2.40. The number of hydrogen-bond donors (Lipinski definition) is 1. The lowest BCUT2D eigenvalue weighted by Gasteiger charge is -2.47. The summed E-state index contributed by atoms with van der Waals surface area (Å²) in [4.78, 5) is 14.3. The van der Waals surface area contributed by atoms with Crippen molar-refractivity contribution in [3.8, 4) is 0 Å². The van der Waals surface area contributed by atoms with Gasteiger partial charge in [0, 0.05) is 18.1 Å². The summed E-state index contributed by atoms with van der Waals surface area (Å²) >= 11 is 0. The number of piperidine rings is 2. The Morgan fingerprint density at radius 3 is 2.50 bits per heavy atom. The Hall–Kier alpha value is -1.55. The molecule has 0 saturated carbocycles. The monoisotopic (exact) mass is 274 g/mol. The van der Waals surface area contributed by atoms with Crippen LogP contribution in [0.1, 0.15) is 37.7 Å². The van der Waals surface area contributed by atoms with Crippen molar-refractivity contribution in [1.82, 2.24) is 4.90 Å². The first kappa shape index (κ1) is 13.4. The van der Waals surface area contributed by atoms with Gasteiger partial charge >= 0.3 is 6.09 Å². The van der Waals surface area contributed by atoms with E-state index in [1.54, 1.807) is 0 Å². The number of rotatable bonds is 2. The van der Waals surface area contributed by atoms with Crippen LogP contribution in [0.4, 0.5) is 4.79 Å². The van der Waals surface area contributed by atoms with E-state index in [4.69, 9.17) is 10.5 Å². The summed E-state index contributed by atoms with van der Waals surface area (Å²) in [6, 6.07) is 10.6. The first-order valence-electron chi connectivity index (χ1n) is 7.48. The molecule has 3 atom stereocenters. The van der Waals surface area contributed by atoms with E-state index in [1.807, 2.05) is 35.2 Å². The summed E-state index contributed by atoms with van der Waals surface area (Å²) in [5.41, 5.74) is 7.10. The van der Waals surface area contributed by atoms with Crippen LogP contribution in [0.3, 0.4) is 0 Å². The normalized spacial score (nSPS) is 29.1. The Labute approximate surface area is 119 Å². The lowest BCUT2D eigenvalue weighted by molar-refractivity contribution is 0.0147. The van der Waals surface area contributed by atoms with Gasteiger partial charge in [-0.05, 0) is 37.7 Å². The number of carbonyl (C=O) groups excluding carboxylic acids is 1. The molecule has 108 valence electrons. The fraction of sp³-hybridized carbons (Fsp3) is 0.562. The maximum absolute atomic E-state index is 12.4. The predicted molar refractivity (Wildman–Crippen MR) is 77.1 cm³/mol. The standard InChI is InChI=1S/C16H22N2O2/c17-13-9-14-7-4-8-15(10-13)18(14)16(19)20-11-12-5-2-1-3-6-12/h1-3,5-6,13-15H,4,7-11,17H2/t13?,14-,15+. The third-order valence-electron chi connectivity index (χ3n) is 4.43. The molecule has 0 radical (unpaired) electrons. The number of amides is 1. The Balaban J connectivity index is 1.62. The van der Waals surface area contributed by atoms with Crippen LogP contribution in [0.2, 0.25) is 0 Å². The van der Waals surface area contributed by atoms with Gasteiger partial charge in [0.05, 0.1) is 0 Å². The van der Waals surface area contributed by atoms with E-state index < -0.39 is 0 Å². The molecule has 0 spiro atoms. The van der Waals surface area contributed by atoms with Crippen molar-refractivity contribution in [1.29, 1.82) is 0 Å². The number of carbonyl (C=O) groups is 1. The molecular formula is C16H22N2O2. The van der Waals surface area contributed by atoms with E-state index in [2.05, 4.69) is 0 Å². The van der Waals surface area contributed by atoms with E-state index in [9.17, 15) is 4.79 Å². The molecule has 2 N–H and O–H groups in total. The van der Waals surface area contributed by atoms with Crippen molar-refractivity contribution in [3.63, 3.8) is 0 Å². The second kappa shape index (κ2) is 5.83. The van der Waals surface area contributed by atoms with Gasteiger partial charge in [0.2, 0.25) is 0 Å². The SMILES string of the molecule is NC1C[C@H]2CCC[C@@H](C1)N2C(=O)OCc1ccccc1. The quantitative estimate of drug-likeness (QED) is 0.902. The van der Waals surface area contributed by atoms with Gasteiger partial charge in [-0.1, -0.05) is 30.3 Å². The molecule has 2 aliphatic heterocycles. The van der Waals surface area contributed by atoms with Crippen LogP contribution in [-0.2, 0) is 11.3 Å². The molecule has 1 aromatic rings. The lowest BCUT2D eigenvalue weighted by atomic mass is 9.82. The van der Waals surface area contributed by atoms with Gasteiger partial charge in [0.1, 0.15) is 6.61 Å². The van der Waals surface area contributed by atoms with Crippen LogP contribution in [0.5, 0.6) is 0 Å². The first-order chi connectivity index (χ1) is 9.74. The van der Waals surface area contributed by atoms with Crippen molar-refractivity contribution < 1.29 is 9.53 Å². The van der Waals surface area contributed by atoms with Crippen LogP contribution < -0.4 is 5.73 Å². The minimum Gasteiger partial charge on any atom is -0.445 e. The minimum atomic E-state index is -0.171. The number of hydrogen-bond acceptors (Lipinski definition) is 3. The third kappa shape index (κ3) is 2.80. The number of nitrogens with two attached hydrogens (primary N) is 1. The molecule has 2 saturated heterocycles. The molecule has 2 aliphatic rings. The van der Waals surface area contributed by atoms with Gasteiger partial charge in [-0.15, -0.1) is 0 Å². The van der Waals surface area contributed by atoms with E-state index in [0.29, 0.717) is 6.61 Å². The topological polar surface area (TPSA) is 55.6 Å². The van der Waals surface area contributed by atoms with Crippen molar-refractivity contribution in [2.45, 2.75) is 56.8 Å². The Morgan fingerprint density at radius 2 is 1.85 bits per heavy atom. The van der Waals surface area contributed by atoms with Gasteiger partial charge in [-0.3, -0.25) is 0 Å². The molecule has 2 heterocycles. The molecule has 2 bridgehead atoms. The summed E-state index contributed by atoms with van der Waals surface area (Å²) in [6.45, 7) is 0.349. The Kier molecular flexibility index (Phi) is 3.92. The second-order valence-corrected chi connectivity index (χ2v) is 5.92. The molecule has 4 nitrogen and oxygen atoms in total. The average Bonchev–Trinajstić information content (AvgIpc) is 2.45. The highest BCUT2D eigenvalue weighted by molar-refractivity contribution is 5.69. The molecule has 1 aromatic carbocycles. The minimum absolute atomic E-state index is 0.171. The number of fused-ring (bicyclic) bond motifs is 2. The van der Waals surface area contributed by atoms with E-state index in [-0.39, 0.29) is 24.2 Å². The van der Waals surface area contributed by atoms with Crippen molar-refractivity contribution in [3.05, 3.63) is 35.9 Å². The molecule has 1 amide bonds. The van der Waals surface area contributed by atoms with Crippen LogP contribution in [-0.4, -0.2) is 29.1 Å². The van der Waals surface area contributed by atoms with Gasteiger partial charge < -0.3 is 15.4 Å². The Bertz CT molecular complexity index is 449. The molecule has 0 aromatic heterocycles. The van der Waals surface area contributed by atoms with Crippen LogP contribution in [0, 0.1) is 0 Å². The molecule has 2 fully saturated rings. The largest absolute Gasteiger partial charge is 0.445 e. The molecule has 0 aliphatic carbocycles. The summed E-state index contributed by atoms with van der Waals surface area (Å²) in [5.74, 6) is 0.